The van der Waals surface area contributed by atoms with Gasteiger partial charge in [-0.05, 0) is 67.0 Å². The fourth-order valence-corrected chi connectivity index (χ4v) is 6.07. The smallest absolute Gasteiger partial charge is 0.295 e. The van der Waals surface area contributed by atoms with Crippen LogP contribution in [0.25, 0.3) is 21.7 Å². The third-order valence-electron chi connectivity index (χ3n) is 6.88. The highest BCUT2D eigenvalue weighted by molar-refractivity contribution is 7.86. The lowest BCUT2D eigenvalue weighted by Gasteiger charge is -2.29. The van der Waals surface area contributed by atoms with Crippen molar-refractivity contribution in [1.82, 2.24) is 9.97 Å². The van der Waals surface area contributed by atoms with E-state index in [0.29, 0.717) is 41.0 Å². The Bertz CT molecular complexity index is 1450. The van der Waals surface area contributed by atoms with Crippen LogP contribution in [0.15, 0.2) is 65.6 Å². The molecule has 7 nitrogen and oxygen atoms in total. The number of rotatable bonds is 6. The molecular weight excluding hydrogens is 448 g/mol. The molecule has 0 spiro atoms. The third-order valence-corrected chi connectivity index (χ3v) is 7.87. The van der Waals surface area contributed by atoms with Crippen molar-refractivity contribution in [3.8, 4) is 0 Å². The van der Waals surface area contributed by atoms with E-state index in [9.17, 15) is 13.0 Å². The number of anilines is 2. The summed E-state index contributed by atoms with van der Waals surface area (Å²) in [5.74, 6) is 1.89. The van der Waals surface area contributed by atoms with Gasteiger partial charge in [-0.1, -0.05) is 48.5 Å². The molecule has 1 fully saturated rings. The molecule has 5 rings (SSSR count). The Morgan fingerprint density at radius 2 is 1.56 bits per heavy atom. The first-order valence-electron chi connectivity index (χ1n) is 11.6. The van der Waals surface area contributed by atoms with Gasteiger partial charge in [0, 0.05) is 17.3 Å². The van der Waals surface area contributed by atoms with Gasteiger partial charge in [0.2, 0.25) is 5.95 Å². The summed E-state index contributed by atoms with van der Waals surface area (Å²) in [7, 11) is -4.31. The number of benzene rings is 3. The van der Waals surface area contributed by atoms with Crippen LogP contribution in [0.2, 0.25) is 0 Å². The Balaban J connectivity index is 1.23. The van der Waals surface area contributed by atoms with E-state index in [1.807, 2.05) is 48.5 Å². The van der Waals surface area contributed by atoms with E-state index in [0.717, 1.165) is 48.5 Å². The topological polar surface area (TPSA) is 118 Å². The minimum absolute atomic E-state index is 0.0560. The molecular formula is C26H28N4O3S. The molecule has 1 saturated carbocycles. The van der Waals surface area contributed by atoms with Gasteiger partial charge in [-0.3, -0.25) is 4.55 Å². The van der Waals surface area contributed by atoms with Crippen molar-refractivity contribution in [2.75, 3.05) is 17.6 Å². The summed E-state index contributed by atoms with van der Waals surface area (Å²) >= 11 is 0. The Morgan fingerprint density at radius 3 is 2.32 bits per heavy atom. The first-order valence-corrected chi connectivity index (χ1v) is 13.1. The van der Waals surface area contributed by atoms with Crippen LogP contribution in [0, 0.1) is 11.8 Å². The normalized spacial score (nSPS) is 18.9. The van der Waals surface area contributed by atoms with Gasteiger partial charge < -0.3 is 11.1 Å². The van der Waals surface area contributed by atoms with Crippen molar-refractivity contribution < 1.29 is 13.0 Å². The highest BCUT2D eigenvalue weighted by Crippen LogP contribution is 2.35. The molecule has 0 bridgehead atoms. The van der Waals surface area contributed by atoms with E-state index in [1.54, 1.807) is 12.1 Å². The second kappa shape index (κ2) is 9.19. The summed E-state index contributed by atoms with van der Waals surface area (Å²) in [6.45, 7) is 0.775. The van der Waals surface area contributed by atoms with Gasteiger partial charge in [-0.25, -0.2) is 4.98 Å². The largest absolute Gasteiger partial charge is 0.383 e. The summed E-state index contributed by atoms with van der Waals surface area (Å²) in [5, 5.41) is 5.59. The lowest BCUT2D eigenvalue weighted by atomic mass is 9.79. The van der Waals surface area contributed by atoms with Crippen LogP contribution in [0.3, 0.4) is 0 Å². The number of hydrogen-bond acceptors (Lipinski definition) is 6. The van der Waals surface area contributed by atoms with E-state index in [2.05, 4.69) is 15.3 Å². The van der Waals surface area contributed by atoms with Crippen LogP contribution in [-0.2, 0) is 16.5 Å². The van der Waals surface area contributed by atoms with Gasteiger partial charge in [0.1, 0.15) is 10.7 Å². The van der Waals surface area contributed by atoms with Crippen LogP contribution < -0.4 is 11.1 Å². The highest BCUT2D eigenvalue weighted by atomic mass is 32.2. The minimum atomic E-state index is -4.31. The molecule has 0 unspecified atom stereocenters. The van der Waals surface area contributed by atoms with Crippen LogP contribution in [0.1, 0.15) is 31.2 Å². The summed E-state index contributed by atoms with van der Waals surface area (Å²) in [6, 6.07) is 18.8. The van der Waals surface area contributed by atoms with E-state index < -0.39 is 10.1 Å². The average molecular weight is 477 g/mol. The summed E-state index contributed by atoms with van der Waals surface area (Å²) in [6.07, 6.45) is 4.73. The van der Waals surface area contributed by atoms with Gasteiger partial charge in [0.05, 0.1) is 5.52 Å². The van der Waals surface area contributed by atoms with Crippen molar-refractivity contribution in [1.29, 1.82) is 0 Å². The molecule has 1 aliphatic carbocycles. The molecule has 0 amide bonds. The third kappa shape index (κ3) is 4.69. The predicted molar refractivity (Wildman–Crippen MR) is 135 cm³/mol. The Labute approximate surface area is 199 Å². The van der Waals surface area contributed by atoms with E-state index >= 15 is 0 Å². The summed E-state index contributed by atoms with van der Waals surface area (Å²) < 4.78 is 34.4. The van der Waals surface area contributed by atoms with Crippen LogP contribution in [0.5, 0.6) is 0 Å². The average Bonchev–Trinajstić information content (AvgIpc) is 2.83. The van der Waals surface area contributed by atoms with E-state index in [1.165, 1.54) is 0 Å². The molecule has 0 aliphatic heterocycles. The lowest BCUT2D eigenvalue weighted by molar-refractivity contribution is 0.281. The van der Waals surface area contributed by atoms with Gasteiger partial charge in [0.15, 0.2) is 0 Å². The zero-order valence-corrected chi connectivity index (χ0v) is 19.6. The second-order valence-corrected chi connectivity index (χ2v) is 10.5. The molecule has 34 heavy (non-hydrogen) atoms. The van der Waals surface area contributed by atoms with Gasteiger partial charge in [0.25, 0.3) is 10.1 Å². The maximum Gasteiger partial charge on any atom is 0.295 e. The maximum atomic E-state index is 12.2. The predicted octanol–water partition coefficient (Wildman–Crippen LogP) is 5.07. The monoisotopic (exact) mass is 476 g/mol. The zero-order chi connectivity index (χ0) is 23.7. The molecule has 4 aromatic rings. The molecule has 1 aliphatic rings. The van der Waals surface area contributed by atoms with Crippen molar-refractivity contribution in [3.05, 3.63) is 66.2 Å². The number of fused-ring (bicyclic) bond motifs is 2. The van der Waals surface area contributed by atoms with Crippen LogP contribution in [0.4, 0.5) is 11.8 Å². The molecule has 8 heteroatoms. The van der Waals surface area contributed by atoms with Crippen molar-refractivity contribution in [2.24, 2.45) is 11.8 Å². The van der Waals surface area contributed by atoms with Crippen LogP contribution in [-0.4, -0.2) is 29.5 Å². The number of nitrogens with one attached hydrogen (secondary N) is 1. The molecule has 176 valence electrons. The van der Waals surface area contributed by atoms with Gasteiger partial charge >= 0.3 is 0 Å². The molecule has 0 radical (unpaired) electrons. The number of para-hydroxylation sites is 1. The Kier molecular flexibility index (Phi) is 6.10. The number of aromatic nitrogens is 2. The summed E-state index contributed by atoms with van der Waals surface area (Å²) in [4.78, 5) is 9.01. The fourth-order valence-electron chi connectivity index (χ4n) is 5.12. The molecule has 4 N–H and O–H groups in total. The Hall–Kier alpha value is -3.23. The number of nitrogen functional groups attached to an aromatic ring is 1. The SMILES string of the molecule is Nc1nc(NCC2CCC(Cc3ccc4ccccc4c3S(=O)(=O)O)CC2)nc2ccccc12. The number of nitrogens with two attached hydrogens (primary N) is 1. The lowest BCUT2D eigenvalue weighted by Crippen LogP contribution is -2.23. The van der Waals surface area contributed by atoms with Crippen LogP contribution >= 0.6 is 0 Å². The van der Waals surface area contributed by atoms with Crippen molar-refractivity contribution >= 4 is 43.6 Å². The highest BCUT2D eigenvalue weighted by Gasteiger charge is 2.25. The number of nitrogens with zero attached hydrogens (tertiary/aromatic N) is 2. The number of hydrogen-bond donors (Lipinski definition) is 3. The molecule has 3 aromatic carbocycles. The molecule has 1 heterocycles. The molecule has 1 aromatic heterocycles. The zero-order valence-electron chi connectivity index (χ0n) is 18.8. The summed E-state index contributed by atoms with van der Waals surface area (Å²) in [5.41, 5.74) is 7.61. The Morgan fingerprint density at radius 1 is 0.882 bits per heavy atom. The molecule has 0 saturated heterocycles. The maximum absolute atomic E-state index is 12.2. The first kappa shape index (κ1) is 22.6. The quantitative estimate of drug-likeness (QED) is 0.332. The van der Waals surface area contributed by atoms with E-state index in [-0.39, 0.29) is 4.90 Å². The van der Waals surface area contributed by atoms with Gasteiger partial charge in [-0.2, -0.15) is 13.4 Å². The van der Waals surface area contributed by atoms with Crippen molar-refractivity contribution in [3.63, 3.8) is 0 Å². The minimum Gasteiger partial charge on any atom is -0.383 e. The standard InChI is InChI=1S/C26H28N4O3S/c27-25-22-7-3-4-8-23(22)29-26(30-25)28-16-18-11-9-17(10-12-18)15-20-14-13-19-5-1-2-6-21(19)24(20)34(31,32)33/h1-8,13-14,17-18H,9-12,15-16H2,(H,31,32,33)(H3,27,28,29,30). The van der Waals surface area contributed by atoms with Gasteiger partial charge in [-0.15, -0.1) is 0 Å². The molecule has 0 atom stereocenters. The van der Waals surface area contributed by atoms with E-state index in [4.69, 9.17) is 5.73 Å². The first-order chi connectivity index (χ1) is 16.4. The second-order valence-electron chi connectivity index (χ2n) is 9.17. The van der Waals surface area contributed by atoms with Crippen molar-refractivity contribution in [2.45, 2.75) is 37.0 Å². The fraction of sp³-hybridized carbons (Fsp3) is 0.308.